The Morgan fingerprint density at radius 1 is 1.05 bits per heavy atom. The number of rotatable bonds is 3. The van der Waals surface area contributed by atoms with Crippen LogP contribution in [0.2, 0.25) is 5.02 Å². The Bertz CT molecular complexity index is 769. The van der Waals surface area contributed by atoms with Gasteiger partial charge in [0.1, 0.15) is 0 Å². The lowest BCUT2D eigenvalue weighted by molar-refractivity contribution is 0.602. The largest absolute Gasteiger partial charge is 0.382 e. The Labute approximate surface area is 129 Å². The van der Waals surface area contributed by atoms with Crippen LogP contribution in [0.15, 0.2) is 47.4 Å². The molecular weight excluding hydrogens is 306 g/mol. The Balaban J connectivity index is 1.72. The van der Waals surface area contributed by atoms with Gasteiger partial charge >= 0.3 is 0 Å². The molecule has 5 heteroatoms. The van der Waals surface area contributed by atoms with Crippen molar-refractivity contribution in [3.05, 3.63) is 58.6 Å². The molecule has 0 amide bonds. The van der Waals surface area contributed by atoms with Gasteiger partial charge in [-0.05, 0) is 60.4 Å². The summed E-state index contributed by atoms with van der Waals surface area (Å²) in [6, 6.07) is 13.2. The highest BCUT2D eigenvalue weighted by Crippen LogP contribution is 2.27. The molecule has 0 spiro atoms. The Kier molecular flexibility index (Phi) is 3.68. The van der Waals surface area contributed by atoms with Crippen molar-refractivity contribution in [2.75, 3.05) is 11.6 Å². The highest BCUT2D eigenvalue weighted by Gasteiger charge is 2.21. The number of anilines is 1. The summed E-state index contributed by atoms with van der Waals surface area (Å²) in [5, 5.41) is 4.22. The number of halogens is 1. The van der Waals surface area contributed by atoms with E-state index in [0.29, 0.717) is 10.9 Å². The van der Waals surface area contributed by atoms with Gasteiger partial charge in [-0.1, -0.05) is 17.7 Å². The van der Waals surface area contributed by atoms with Crippen LogP contribution in [0, 0.1) is 0 Å². The second kappa shape index (κ2) is 5.35. The summed E-state index contributed by atoms with van der Waals surface area (Å²) < 4.78 is 22.9. The van der Waals surface area contributed by atoms with Gasteiger partial charge in [0.05, 0.1) is 4.90 Å². The van der Waals surface area contributed by atoms with E-state index >= 15 is 0 Å². The third kappa shape index (κ3) is 3.22. The summed E-state index contributed by atoms with van der Waals surface area (Å²) in [6.45, 7) is 0. The minimum Gasteiger partial charge on any atom is -0.382 e. The SMILES string of the molecule is CS(=O)(=O)c1ccc(NC2Cc3ccc(Cl)cc3C2)cc1. The molecule has 1 atom stereocenters. The highest BCUT2D eigenvalue weighted by molar-refractivity contribution is 7.90. The van der Waals surface area contributed by atoms with Crippen LogP contribution < -0.4 is 5.32 Å². The standard InChI is InChI=1S/C16H16ClNO2S/c1-21(19,20)16-6-4-14(5-7-16)18-15-9-11-2-3-13(17)8-12(11)10-15/h2-8,15,18H,9-10H2,1H3. The van der Waals surface area contributed by atoms with E-state index in [0.717, 1.165) is 23.6 Å². The van der Waals surface area contributed by atoms with Gasteiger partial charge in [-0.25, -0.2) is 8.42 Å². The van der Waals surface area contributed by atoms with E-state index in [4.69, 9.17) is 11.6 Å². The number of hydrogen-bond donors (Lipinski definition) is 1. The molecule has 3 nitrogen and oxygen atoms in total. The van der Waals surface area contributed by atoms with Gasteiger partial charge in [0.25, 0.3) is 0 Å². The second-order valence-corrected chi connectivity index (χ2v) is 7.91. The monoisotopic (exact) mass is 321 g/mol. The van der Waals surface area contributed by atoms with Crippen LogP contribution in [0.5, 0.6) is 0 Å². The van der Waals surface area contributed by atoms with Crippen LogP contribution in [0.4, 0.5) is 5.69 Å². The smallest absolute Gasteiger partial charge is 0.175 e. The minimum atomic E-state index is -3.14. The molecule has 0 bridgehead atoms. The number of benzene rings is 2. The van der Waals surface area contributed by atoms with Gasteiger partial charge in [-0.2, -0.15) is 0 Å². The first-order chi connectivity index (χ1) is 9.91. The van der Waals surface area contributed by atoms with E-state index in [1.54, 1.807) is 12.1 Å². The molecule has 110 valence electrons. The molecule has 2 aromatic carbocycles. The molecule has 0 aromatic heterocycles. The summed E-state index contributed by atoms with van der Waals surface area (Å²) in [6.07, 6.45) is 3.11. The van der Waals surface area contributed by atoms with Gasteiger partial charge < -0.3 is 5.32 Å². The molecule has 0 saturated heterocycles. The maximum atomic E-state index is 11.4. The highest BCUT2D eigenvalue weighted by atomic mass is 35.5. The zero-order chi connectivity index (χ0) is 15.0. The molecule has 1 unspecified atom stereocenters. The molecule has 21 heavy (non-hydrogen) atoms. The molecule has 2 aromatic rings. The molecule has 1 N–H and O–H groups in total. The molecule has 1 aliphatic carbocycles. The minimum absolute atomic E-state index is 0.322. The van der Waals surface area contributed by atoms with E-state index in [1.807, 2.05) is 24.3 Å². The van der Waals surface area contributed by atoms with Crippen molar-refractivity contribution >= 4 is 27.1 Å². The van der Waals surface area contributed by atoms with E-state index in [9.17, 15) is 8.42 Å². The van der Waals surface area contributed by atoms with Gasteiger partial charge in [-0.15, -0.1) is 0 Å². The molecule has 0 heterocycles. The van der Waals surface area contributed by atoms with E-state index in [2.05, 4.69) is 11.4 Å². The summed E-state index contributed by atoms with van der Waals surface area (Å²) in [5.74, 6) is 0. The first-order valence-corrected chi connectivity index (χ1v) is 9.03. The fourth-order valence-electron chi connectivity index (χ4n) is 2.72. The molecule has 0 radical (unpaired) electrons. The van der Waals surface area contributed by atoms with Gasteiger partial charge in [-0.3, -0.25) is 0 Å². The van der Waals surface area contributed by atoms with Gasteiger partial charge in [0, 0.05) is 23.0 Å². The fourth-order valence-corrected chi connectivity index (χ4v) is 3.55. The first-order valence-electron chi connectivity index (χ1n) is 6.76. The Morgan fingerprint density at radius 2 is 1.71 bits per heavy atom. The predicted molar refractivity (Wildman–Crippen MR) is 85.8 cm³/mol. The molecule has 3 rings (SSSR count). The van der Waals surface area contributed by atoms with Crippen LogP contribution >= 0.6 is 11.6 Å². The fraction of sp³-hybridized carbons (Fsp3) is 0.250. The normalized spacial score (nSPS) is 17.5. The summed E-state index contributed by atoms with van der Waals surface area (Å²) in [7, 11) is -3.14. The van der Waals surface area contributed by atoms with Crippen LogP contribution in [-0.2, 0) is 22.7 Å². The van der Waals surface area contributed by atoms with Crippen molar-refractivity contribution in [3.8, 4) is 0 Å². The first kappa shape index (κ1) is 14.4. The third-order valence-electron chi connectivity index (χ3n) is 3.75. The number of sulfone groups is 1. The van der Waals surface area contributed by atoms with Crippen LogP contribution in [0.3, 0.4) is 0 Å². The van der Waals surface area contributed by atoms with Gasteiger partial charge in [0.2, 0.25) is 0 Å². The van der Waals surface area contributed by atoms with Gasteiger partial charge in [0.15, 0.2) is 9.84 Å². The van der Waals surface area contributed by atoms with E-state index < -0.39 is 9.84 Å². The number of nitrogens with one attached hydrogen (secondary N) is 1. The lowest BCUT2D eigenvalue weighted by Gasteiger charge is -2.13. The molecular formula is C16H16ClNO2S. The number of fused-ring (bicyclic) bond motifs is 1. The van der Waals surface area contributed by atoms with Crippen molar-refractivity contribution in [1.82, 2.24) is 0 Å². The van der Waals surface area contributed by atoms with Crippen LogP contribution in [0.1, 0.15) is 11.1 Å². The van der Waals surface area contributed by atoms with Crippen LogP contribution in [-0.4, -0.2) is 20.7 Å². The molecule has 0 saturated carbocycles. The average molecular weight is 322 g/mol. The third-order valence-corrected chi connectivity index (χ3v) is 5.12. The van der Waals surface area contributed by atoms with Crippen molar-refractivity contribution < 1.29 is 8.42 Å². The summed E-state index contributed by atoms with van der Waals surface area (Å²) >= 11 is 6.01. The zero-order valence-corrected chi connectivity index (χ0v) is 13.2. The Hall–Kier alpha value is -1.52. The molecule has 0 fully saturated rings. The van der Waals surface area contributed by atoms with Crippen molar-refractivity contribution in [3.63, 3.8) is 0 Å². The van der Waals surface area contributed by atoms with Crippen LogP contribution in [0.25, 0.3) is 0 Å². The lowest BCUT2D eigenvalue weighted by atomic mass is 10.1. The lowest BCUT2D eigenvalue weighted by Crippen LogP contribution is -2.19. The van der Waals surface area contributed by atoms with E-state index in [1.165, 1.54) is 17.4 Å². The predicted octanol–water partition coefficient (Wildman–Crippen LogP) is 3.32. The maximum Gasteiger partial charge on any atom is 0.175 e. The summed E-state index contributed by atoms with van der Waals surface area (Å²) in [5.41, 5.74) is 3.55. The maximum absolute atomic E-state index is 11.4. The second-order valence-electron chi connectivity index (χ2n) is 5.46. The zero-order valence-electron chi connectivity index (χ0n) is 11.6. The molecule has 1 aliphatic rings. The molecule has 0 aliphatic heterocycles. The van der Waals surface area contributed by atoms with Crippen molar-refractivity contribution in [1.29, 1.82) is 0 Å². The van der Waals surface area contributed by atoms with Crippen molar-refractivity contribution in [2.24, 2.45) is 0 Å². The summed E-state index contributed by atoms with van der Waals surface area (Å²) in [4.78, 5) is 0.342. The quantitative estimate of drug-likeness (QED) is 0.943. The van der Waals surface area contributed by atoms with E-state index in [-0.39, 0.29) is 0 Å². The van der Waals surface area contributed by atoms with Crippen molar-refractivity contribution in [2.45, 2.75) is 23.8 Å². The average Bonchev–Trinajstić information content (AvgIpc) is 2.79. The number of hydrogen-bond acceptors (Lipinski definition) is 3. The Morgan fingerprint density at radius 3 is 2.38 bits per heavy atom. The topological polar surface area (TPSA) is 46.2 Å².